The molecule has 46 heavy (non-hydrogen) atoms. The summed E-state index contributed by atoms with van der Waals surface area (Å²) < 4.78 is 0. The highest BCUT2D eigenvalue weighted by Gasteiger charge is 2.35. The van der Waals surface area contributed by atoms with Crippen molar-refractivity contribution in [2.45, 2.75) is 38.5 Å². The van der Waals surface area contributed by atoms with Gasteiger partial charge >= 0.3 is 0 Å². The fourth-order valence-corrected chi connectivity index (χ4v) is 5.41. The third-order valence-electron chi connectivity index (χ3n) is 7.85. The molecule has 0 unspecified atom stereocenters. The third kappa shape index (κ3) is 7.94. The molecule has 0 bridgehead atoms. The minimum atomic E-state index is -0.211. The Balaban J connectivity index is 0.000000181. The van der Waals surface area contributed by atoms with Crippen LogP contribution in [0, 0.1) is 11.8 Å². The second kappa shape index (κ2) is 16.0. The van der Waals surface area contributed by atoms with Crippen molar-refractivity contribution in [3.05, 3.63) is 155 Å². The van der Waals surface area contributed by atoms with Crippen molar-refractivity contribution >= 4 is 23.6 Å². The van der Waals surface area contributed by atoms with Gasteiger partial charge in [0.1, 0.15) is 0 Å². The Bertz CT molecular complexity index is 1710. The molecule has 6 nitrogen and oxygen atoms in total. The number of rotatable bonds is 10. The van der Waals surface area contributed by atoms with Crippen LogP contribution in [0.1, 0.15) is 78.2 Å². The maximum absolute atomic E-state index is 12.2. The van der Waals surface area contributed by atoms with Crippen LogP contribution in [0.15, 0.2) is 121 Å². The van der Waals surface area contributed by atoms with E-state index in [1.54, 1.807) is 48.5 Å². The second-order valence-electron chi connectivity index (χ2n) is 11.0. The Morgan fingerprint density at radius 3 is 1.33 bits per heavy atom. The molecule has 0 spiro atoms. The number of benzene rings is 4. The molecule has 6 rings (SSSR count). The topological polar surface area (TPSA) is 74.8 Å². The smallest absolute Gasteiger partial charge is 0.261 e. The molecular formula is C40H36N2O4. The van der Waals surface area contributed by atoms with Crippen LogP contribution >= 0.6 is 0 Å². The van der Waals surface area contributed by atoms with Gasteiger partial charge in [-0.05, 0) is 61.1 Å². The SMILES string of the molecule is O=C1c2ccccc2C(=O)N1CCC#CCCc1ccccc1.O=C1c2ccccc2C(=O)N1CCC=CCCc1ccccc1. The number of nitrogens with zero attached hydrogens (tertiary/aromatic N) is 2. The first kappa shape index (κ1) is 31.9. The fraction of sp³-hybridized carbons (Fsp3) is 0.200. The van der Waals surface area contributed by atoms with Crippen molar-refractivity contribution in [1.82, 2.24) is 9.80 Å². The molecule has 0 radical (unpaired) electrons. The summed E-state index contributed by atoms with van der Waals surface area (Å²) in [5, 5.41) is 0. The molecule has 0 fully saturated rings. The first-order valence-electron chi connectivity index (χ1n) is 15.6. The Morgan fingerprint density at radius 2 is 0.826 bits per heavy atom. The highest BCUT2D eigenvalue weighted by molar-refractivity contribution is 6.22. The molecule has 4 aromatic rings. The Morgan fingerprint density at radius 1 is 0.435 bits per heavy atom. The van der Waals surface area contributed by atoms with Crippen LogP contribution in [-0.2, 0) is 12.8 Å². The summed E-state index contributed by atoms with van der Waals surface area (Å²) in [6, 6.07) is 34.5. The van der Waals surface area contributed by atoms with Crippen LogP contribution in [0.4, 0.5) is 0 Å². The summed E-state index contributed by atoms with van der Waals surface area (Å²) in [7, 11) is 0. The van der Waals surface area contributed by atoms with Gasteiger partial charge in [-0.3, -0.25) is 29.0 Å². The highest BCUT2D eigenvalue weighted by atomic mass is 16.2. The van der Waals surface area contributed by atoms with Gasteiger partial charge in [0, 0.05) is 25.9 Å². The van der Waals surface area contributed by atoms with Crippen LogP contribution < -0.4 is 0 Å². The summed E-state index contributed by atoms with van der Waals surface area (Å²) in [6.07, 6.45) is 9.04. The number of carbonyl (C=O) groups is 4. The lowest BCUT2D eigenvalue weighted by atomic mass is 10.1. The number of amides is 4. The molecule has 4 aromatic carbocycles. The van der Waals surface area contributed by atoms with Gasteiger partial charge in [0.05, 0.1) is 22.3 Å². The lowest BCUT2D eigenvalue weighted by molar-refractivity contribution is 0.0641. The zero-order valence-corrected chi connectivity index (χ0v) is 25.7. The summed E-state index contributed by atoms with van der Waals surface area (Å²) in [5.41, 5.74) is 4.61. The van der Waals surface area contributed by atoms with Gasteiger partial charge in [-0.2, -0.15) is 0 Å². The summed E-state index contributed by atoms with van der Waals surface area (Å²) in [6.45, 7) is 0.791. The number of aryl methyl sites for hydroxylation is 2. The summed E-state index contributed by atoms with van der Waals surface area (Å²) >= 11 is 0. The predicted octanol–water partition coefficient (Wildman–Crippen LogP) is 7.17. The van der Waals surface area contributed by atoms with Gasteiger partial charge in [0.15, 0.2) is 0 Å². The average Bonchev–Trinajstić information content (AvgIpc) is 3.49. The summed E-state index contributed by atoms with van der Waals surface area (Å²) in [4.78, 5) is 51.4. The largest absolute Gasteiger partial charge is 0.274 e. The molecule has 4 amide bonds. The van der Waals surface area contributed by atoms with Crippen LogP contribution in [-0.4, -0.2) is 46.5 Å². The normalized spacial score (nSPS) is 13.3. The molecule has 2 heterocycles. The molecule has 6 heteroatoms. The lowest BCUT2D eigenvalue weighted by Gasteiger charge is -2.11. The van der Waals surface area contributed by atoms with Crippen LogP contribution in [0.25, 0.3) is 0 Å². The standard InChI is InChI=1S/C20H19NO2.C20H17NO2/c2*22-19-17-13-7-8-14-18(17)20(23)21(19)15-9-2-1-4-10-16-11-5-3-6-12-16/h1-3,5-8,11-14H,4,9-10,15H2;3,5-8,11-14H,4,9-10,15H2. The van der Waals surface area contributed by atoms with Crippen molar-refractivity contribution in [3.63, 3.8) is 0 Å². The van der Waals surface area contributed by atoms with E-state index in [-0.39, 0.29) is 23.6 Å². The van der Waals surface area contributed by atoms with E-state index in [4.69, 9.17) is 0 Å². The molecule has 2 aliphatic heterocycles. The van der Waals surface area contributed by atoms with E-state index >= 15 is 0 Å². The molecule has 2 aliphatic rings. The number of allylic oxidation sites excluding steroid dienone is 1. The molecule has 0 atom stereocenters. The van der Waals surface area contributed by atoms with Gasteiger partial charge in [-0.25, -0.2) is 0 Å². The number of hydrogen-bond donors (Lipinski definition) is 0. The zero-order valence-electron chi connectivity index (χ0n) is 25.7. The van der Waals surface area contributed by atoms with Crippen molar-refractivity contribution in [3.8, 4) is 11.8 Å². The molecule has 0 saturated heterocycles. The molecule has 0 aromatic heterocycles. The predicted molar refractivity (Wildman–Crippen MR) is 179 cm³/mol. The lowest BCUT2D eigenvalue weighted by Crippen LogP contribution is -2.30. The number of hydrogen-bond acceptors (Lipinski definition) is 4. The van der Waals surface area contributed by atoms with Gasteiger partial charge in [0.25, 0.3) is 23.6 Å². The number of imide groups is 2. The van der Waals surface area contributed by atoms with Gasteiger partial charge in [0.2, 0.25) is 0 Å². The van der Waals surface area contributed by atoms with E-state index in [1.807, 2.05) is 42.5 Å². The van der Waals surface area contributed by atoms with E-state index in [1.165, 1.54) is 20.9 Å². The molecule has 0 aliphatic carbocycles. The molecule has 230 valence electrons. The minimum absolute atomic E-state index is 0.178. The van der Waals surface area contributed by atoms with Crippen molar-refractivity contribution < 1.29 is 19.2 Å². The quantitative estimate of drug-likeness (QED) is 0.109. The van der Waals surface area contributed by atoms with Gasteiger partial charge in [-0.1, -0.05) is 97.1 Å². The highest BCUT2D eigenvalue weighted by Crippen LogP contribution is 2.23. The maximum Gasteiger partial charge on any atom is 0.261 e. The Kier molecular flexibility index (Phi) is 11.1. The number of fused-ring (bicyclic) bond motifs is 2. The van der Waals surface area contributed by atoms with E-state index < -0.39 is 0 Å². The van der Waals surface area contributed by atoms with Crippen molar-refractivity contribution in [1.29, 1.82) is 0 Å². The third-order valence-corrected chi connectivity index (χ3v) is 7.85. The summed E-state index contributed by atoms with van der Waals surface area (Å²) in [5.74, 6) is 5.39. The molecular weight excluding hydrogens is 572 g/mol. The van der Waals surface area contributed by atoms with Gasteiger partial charge in [-0.15, -0.1) is 11.8 Å². The van der Waals surface area contributed by atoms with E-state index in [0.29, 0.717) is 48.2 Å². The van der Waals surface area contributed by atoms with Crippen LogP contribution in [0.3, 0.4) is 0 Å². The van der Waals surface area contributed by atoms with Crippen LogP contribution in [0.5, 0.6) is 0 Å². The maximum atomic E-state index is 12.2. The average molecular weight is 609 g/mol. The minimum Gasteiger partial charge on any atom is -0.274 e. The van der Waals surface area contributed by atoms with E-state index in [0.717, 1.165) is 25.7 Å². The molecule has 0 saturated carbocycles. The van der Waals surface area contributed by atoms with Gasteiger partial charge < -0.3 is 0 Å². The van der Waals surface area contributed by atoms with E-state index in [2.05, 4.69) is 42.2 Å². The monoisotopic (exact) mass is 608 g/mol. The zero-order chi connectivity index (χ0) is 32.1. The number of carbonyl (C=O) groups excluding carboxylic acids is 4. The second-order valence-corrected chi connectivity index (χ2v) is 11.0. The molecule has 0 N–H and O–H groups in total. The Hall–Kier alpha value is -5.54. The fourth-order valence-electron chi connectivity index (χ4n) is 5.41. The van der Waals surface area contributed by atoms with Crippen molar-refractivity contribution in [2.75, 3.05) is 13.1 Å². The first-order chi connectivity index (χ1) is 22.5. The van der Waals surface area contributed by atoms with Crippen LogP contribution in [0.2, 0.25) is 0 Å². The first-order valence-corrected chi connectivity index (χ1v) is 15.6. The van der Waals surface area contributed by atoms with E-state index in [9.17, 15) is 19.2 Å². The van der Waals surface area contributed by atoms with Crippen molar-refractivity contribution in [2.24, 2.45) is 0 Å². The Labute approximate surface area is 270 Å².